The summed E-state index contributed by atoms with van der Waals surface area (Å²) in [5.41, 5.74) is 1.13. The van der Waals surface area contributed by atoms with Crippen LogP contribution in [0.5, 0.6) is 23.4 Å². The number of hydrogen-bond donors (Lipinski definition) is 3. The Balaban J connectivity index is 1.79. The van der Waals surface area contributed by atoms with Gasteiger partial charge in [-0.15, -0.1) is 0 Å². The predicted molar refractivity (Wildman–Crippen MR) is 151 cm³/mol. The van der Waals surface area contributed by atoms with Crippen LogP contribution in [0.3, 0.4) is 0 Å². The molecule has 0 saturated heterocycles. The van der Waals surface area contributed by atoms with Crippen LogP contribution in [0.15, 0.2) is 41.4 Å². The molecule has 2 heterocycles. The van der Waals surface area contributed by atoms with E-state index in [9.17, 15) is 20.2 Å². The number of halogens is 1. The van der Waals surface area contributed by atoms with Gasteiger partial charge in [-0.2, -0.15) is 15.2 Å². The molecule has 212 valence electrons. The summed E-state index contributed by atoms with van der Waals surface area (Å²) in [5, 5.41) is 36.5. The quantitative estimate of drug-likeness (QED) is 0.158. The van der Waals surface area contributed by atoms with Crippen LogP contribution in [0.2, 0.25) is 5.02 Å². The molecule has 0 aliphatic carbocycles. The summed E-state index contributed by atoms with van der Waals surface area (Å²) in [6.07, 6.45) is 0.00937. The first kappa shape index (κ1) is 28.8. The Morgan fingerprint density at radius 2 is 2.07 bits per heavy atom. The van der Waals surface area contributed by atoms with Crippen LogP contribution >= 0.6 is 11.6 Å². The minimum atomic E-state index is -1.01. The van der Waals surface area contributed by atoms with E-state index >= 15 is 0 Å². The van der Waals surface area contributed by atoms with Gasteiger partial charge in [0.05, 0.1) is 28.1 Å². The SMILES string of the molecule is CN(C)c1cc(Oc2nc(Oc3cc(C#N)ccc3Cl)nc(NCCCC(=O)O)c2[N+](=O)[O-])cc(C2=NCCN2)c1. The van der Waals surface area contributed by atoms with Gasteiger partial charge in [0.1, 0.15) is 11.6 Å². The van der Waals surface area contributed by atoms with Gasteiger partial charge in [0, 0.05) is 57.0 Å². The van der Waals surface area contributed by atoms with Crippen LogP contribution in [-0.4, -0.2) is 65.5 Å². The van der Waals surface area contributed by atoms with Gasteiger partial charge in [0.2, 0.25) is 5.82 Å². The van der Waals surface area contributed by atoms with E-state index in [2.05, 4.69) is 25.6 Å². The molecule has 41 heavy (non-hydrogen) atoms. The van der Waals surface area contributed by atoms with Crippen LogP contribution in [0.25, 0.3) is 0 Å². The molecule has 15 heteroatoms. The predicted octanol–water partition coefficient (Wildman–Crippen LogP) is 4.19. The lowest BCUT2D eigenvalue weighted by Crippen LogP contribution is -2.20. The molecule has 0 atom stereocenters. The van der Waals surface area contributed by atoms with Gasteiger partial charge in [-0.25, -0.2) is 0 Å². The summed E-state index contributed by atoms with van der Waals surface area (Å²) in [4.78, 5) is 37.0. The molecule has 0 amide bonds. The fraction of sp³-hybridized carbons (Fsp3) is 0.269. The van der Waals surface area contributed by atoms with E-state index in [0.717, 1.165) is 5.69 Å². The standard InChI is InChI=1S/C26H25ClN8O6/c1-34(2)17-11-16(23-30-8-9-31-23)12-18(13-17)40-25-22(35(38)39)24(29-7-3-4-21(36)37)32-26(33-25)41-20-10-15(14-28)5-6-19(20)27/h5-6,10-13H,3-4,7-9H2,1-2H3,(H,30,31)(H,36,37)(H,29,32,33). The summed E-state index contributed by atoms with van der Waals surface area (Å²) in [7, 11) is 3.67. The van der Waals surface area contributed by atoms with Crippen LogP contribution in [-0.2, 0) is 4.79 Å². The molecular formula is C26H25ClN8O6. The Hall–Kier alpha value is -5.16. The van der Waals surface area contributed by atoms with Crippen molar-refractivity contribution in [3.63, 3.8) is 0 Å². The summed E-state index contributed by atoms with van der Waals surface area (Å²) in [6.45, 7) is 1.35. The van der Waals surface area contributed by atoms with E-state index < -0.39 is 22.5 Å². The second-order valence-electron chi connectivity index (χ2n) is 8.92. The summed E-state index contributed by atoms with van der Waals surface area (Å²) >= 11 is 6.23. The highest BCUT2D eigenvalue weighted by atomic mass is 35.5. The van der Waals surface area contributed by atoms with Gasteiger partial charge in [-0.3, -0.25) is 19.9 Å². The number of nitro groups is 1. The van der Waals surface area contributed by atoms with Crippen molar-refractivity contribution in [1.29, 1.82) is 5.26 Å². The molecule has 0 saturated carbocycles. The number of benzene rings is 2. The van der Waals surface area contributed by atoms with Crippen molar-refractivity contribution in [2.24, 2.45) is 4.99 Å². The van der Waals surface area contributed by atoms with Crippen molar-refractivity contribution in [3.8, 4) is 29.5 Å². The minimum Gasteiger partial charge on any atom is -0.481 e. The molecule has 0 fully saturated rings. The third-order valence-corrected chi connectivity index (χ3v) is 6.02. The molecule has 14 nitrogen and oxygen atoms in total. The number of anilines is 2. The van der Waals surface area contributed by atoms with Gasteiger partial charge >= 0.3 is 23.5 Å². The molecule has 0 spiro atoms. The second kappa shape index (κ2) is 12.8. The van der Waals surface area contributed by atoms with Crippen molar-refractivity contribution in [3.05, 3.63) is 62.7 Å². The van der Waals surface area contributed by atoms with E-state index in [-0.39, 0.29) is 53.3 Å². The first-order valence-electron chi connectivity index (χ1n) is 12.3. The summed E-state index contributed by atoms with van der Waals surface area (Å²) < 4.78 is 11.7. The summed E-state index contributed by atoms with van der Waals surface area (Å²) in [6, 6.07) is 11.2. The average Bonchev–Trinajstić information content (AvgIpc) is 3.47. The number of ether oxygens (including phenoxy) is 2. The number of hydrogen-bond acceptors (Lipinski definition) is 12. The highest BCUT2D eigenvalue weighted by Gasteiger charge is 2.29. The Kier molecular flexibility index (Phi) is 9.00. The number of nitriles is 1. The zero-order chi connectivity index (χ0) is 29.5. The van der Waals surface area contributed by atoms with E-state index in [1.807, 2.05) is 31.1 Å². The van der Waals surface area contributed by atoms with Crippen molar-refractivity contribution in [1.82, 2.24) is 15.3 Å². The number of aliphatic carboxylic acids is 1. The zero-order valence-electron chi connectivity index (χ0n) is 22.0. The van der Waals surface area contributed by atoms with Gasteiger partial charge in [0.15, 0.2) is 5.75 Å². The topological polar surface area (TPSA) is 188 Å². The third kappa shape index (κ3) is 7.28. The molecule has 2 aromatic carbocycles. The highest BCUT2D eigenvalue weighted by Crippen LogP contribution is 2.39. The maximum atomic E-state index is 12.2. The van der Waals surface area contributed by atoms with E-state index in [4.69, 9.17) is 26.2 Å². The molecule has 3 aromatic rings. The fourth-order valence-corrected chi connectivity index (χ4v) is 3.91. The number of nitrogens with zero attached hydrogens (tertiary/aromatic N) is 6. The van der Waals surface area contributed by atoms with Crippen molar-refractivity contribution in [2.45, 2.75) is 12.8 Å². The molecule has 0 bridgehead atoms. The van der Waals surface area contributed by atoms with E-state index in [1.165, 1.54) is 18.2 Å². The van der Waals surface area contributed by atoms with Gasteiger partial charge in [0.25, 0.3) is 0 Å². The third-order valence-electron chi connectivity index (χ3n) is 5.71. The Morgan fingerprint density at radius 3 is 2.73 bits per heavy atom. The Labute approximate surface area is 239 Å². The number of carboxylic acids is 1. The number of nitrogens with one attached hydrogen (secondary N) is 2. The Morgan fingerprint density at radius 1 is 1.27 bits per heavy atom. The Bertz CT molecular complexity index is 1560. The number of aromatic nitrogens is 2. The van der Waals surface area contributed by atoms with E-state index in [1.54, 1.807) is 12.1 Å². The normalized spacial score (nSPS) is 12.1. The number of carbonyl (C=O) groups is 1. The van der Waals surface area contributed by atoms with Crippen molar-refractivity contribution >= 4 is 40.6 Å². The number of rotatable bonds is 12. The van der Waals surface area contributed by atoms with Gasteiger partial charge < -0.3 is 30.1 Å². The number of carboxylic acid groups (broad SMARTS) is 1. The second-order valence-corrected chi connectivity index (χ2v) is 9.33. The lowest BCUT2D eigenvalue weighted by molar-refractivity contribution is -0.385. The molecule has 1 aromatic heterocycles. The van der Waals surface area contributed by atoms with Crippen LogP contribution < -0.4 is 25.0 Å². The molecule has 0 unspecified atom stereocenters. The number of amidine groups is 1. The van der Waals surface area contributed by atoms with Crippen LogP contribution in [0.1, 0.15) is 24.0 Å². The van der Waals surface area contributed by atoms with Crippen molar-refractivity contribution < 1.29 is 24.3 Å². The molecule has 1 aliphatic rings. The maximum absolute atomic E-state index is 12.2. The lowest BCUT2D eigenvalue weighted by Gasteiger charge is -2.17. The molecular weight excluding hydrogens is 556 g/mol. The number of aliphatic imine (C=N–C) groups is 1. The van der Waals surface area contributed by atoms with Crippen LogP contribution in [0.4, 0.5) is 17.2 Å². The minimum absolute atomic E-state index is 0.0459. The van der Waals surface area contributed by atoms with E-state index in [0.29, 0.717) is 24.5 Å². The fourth-order valence-electron chi connectivity index (χ4n) is 3.76. The molecule has 0 radical (unpaired) electrons. The monoisotopic (exact) mass is 580 g/mol. The first-order chi connectivity index (χ1) is 19.6. The largest absolute Gasteiger partial charge is 0.481 e. The molecule has 3 N–H and O–H groups in total. The molecule has 1 aliphatic heterocycles. The van der Waals surface area contributed by atoms with Crippen LogP contribution in [0, 0.1) is 21.4 Å². The highest BCUT2D eigenvalue weighted by molar-refractivity contribution is 6.32. The maximum Gasteiger partial charge on any atom is 0.373 e. The van der Waals surface area contributed by atoms with Crippen molar-refractivity contribution in [2.75, 3.05) is 43.9 Å². The first-order valence-corrected chi connectivity index (χ1v) is 12.7. The smallest absolute Gasteiger partial charge is 0.373 e. The lowest BCUT2D eigenvalue weighted by atomic mass is 10.1. The van der Waals surface area contributed by atoms with Gasteiger partial charge in [-0.1, -0.05) is 11.6 Å². The average molecular weight is 581 g/mol. The van der Waals surface area contributed by atoms with Gasteiger partial charge in [-0.05, 0) is 30.7 Å². The summed E-state index contributed by atoms with van der Waals surface area (Å²) in [5.74, 6) is -0.758. The molecule has 4 rings (SSSR count). The zero-order valence-corrected chi connectivity index (χ0v) is 22.8.